The van der Waals surface area contributed by atoms with Crippen LogP contribution in [0.15, 0.2) is 56.5 Å². The third kappa shape index (κ3) is 8.02. The second kappa shape index (κ2) is 15.7. The molecule has 2 heterocycles. The molecule has 0 unspecified atom stereocenters. The van der Waals surface area contributed by atoms with Gasteiger partial charge in [0.05, 0.1) is 9.79 Å². The number of oxime groups is 2. The van der Waals surface area contributed by atoms with Crippen molar-refractivity contribution in [3.05, 3.63) is 58.7 Å². The molecule has 50 heavy (non-hydrogen) atoms. The summed E-state index contributed by atoms with van der Waals surface area (Å²) in [6.07, 6.45) is 1.84. The summed E-state index contributed by atoms with van der Waals surface area (Å²) in [6.45, 7) is 12.5. The fourth-order valence-corrected chi connectivity index (χ4v) is 10.5. The van der Waals surface area contributed by atoms with Crippen molar-refractivity contribution in [2.24, 2.45) is 45.6 Å². The minimum absolute atomic E-state index is 0. The molecule has 0 saturated carbocycles. The maximum absolute atomic E-state index is 14.0. The molecular weight excluding hydrogens is 706 g/mol. The second-order valence-corrected chi connectivity index (χ2v) is 18.2. The number of hydrogen-bond donors (Lipinski definition) is 2. The summed E-state index contributed by atoms with van der Waals surface area (Å²) < 4.78 is 63.9. The highest BCUT2D eigenvalue weighted by Crippen LogP contribution is 2.35. The quantitative estimate of drug-likeness (QED) is 0.106. The Morgan fingerprint density at radius 1 is 0.800 bits per heavy atom. The molecule has 0 radical (unpaired) electrons. The van der Waals surface area contributed by atoms with Gasteiger partial charge in [-0.2, -0.15) is 8.61 Å². The Morgan fingerprint density at radius 3 is 1.60 bits per heavy atom. The molecule has 16 heteroatoms. The van der Waals surface area contributed by atoms with Crippen LogP contribution in [-0.4, -0.2) is 87.1 Å². The lowest BCUT2D eigenvalue weighted by Gasteiger charge is -2.34. The third-order valence-corrected chi connectivity index (χ3v) is 13.1. The lowest BCUT2D eigenvalue weighted by Crippen LogP contribution is -2.42. The van der Waals surface area contributed by atoms with Crippen molar-refractivity contribution < 1.29 is 36.4 Å². The van der Waals surface area contributed by atoms with Crippen LogP contribution in [0.1, 0.15) is 76.6 Å². The predicted molar refractivity (Wildman–Crippen MR) is 191 cm³/mol. The van der Waals surface area contributed by atoms with E-state index in [1.807, 2.05) is 27.7 Å². The summed E-state index contributed by atoms with van der Waals surface area (Å²) in [5.74, 6) is -0.145. The highest BCUT2D eigenvalue weighted by atomic mass is 35.5. The first-order chi connectivity index (χ1) is 23.0. The first kappa shape index (κ1) is 39.7. The van der Waals surface area contributed by atoms with Gasteiger partial charge in [0.25, 0.3) is 6.79 Å². The molecule has 3 N–H and O–H groups in total. The first-order valence-corrected chi connectivity index (χ1v) is 19.6. The van der Waals surface area contributed by atoms with E-state index < -0.39 is 38.9 Å². The van der Waals surface area contributed by atoms with Crippen molar-refractivity contribution in [3.8, 4) is 0 Å². The van der Waals surface area contributed by atoms with Crippen LogP contribution >= 0.6 is 12.4 Å². The molecule has 5 atom stereocenters. The lowest BCUT2D eigenvalue weighted by molar-refractivity contribution is -0.158. The highest BCUT2D eigenvalue weighted by molar-refractivity contribution is 7.89. The number of sulfonamides is 2. The Kier molecular flexibility index (Phi) is 12.4. The molecule has 2 aromatic carbocycles. The van der Waals surface area contributed by atoms with Crippen LogP contribution in [0.25, 0.3) is 0 Å². The molecule has 276 valence electrons. The third-order valence-electron chi connectivity index (χ3n) is 9.45. The molecule has 0 aromatic heterocycles. The van der Waals surface area contributed by atoms with Crippen molar-refractivity contribution in [3.63, 3.8) is 0 Å². The number of fused-ring (bicyclic) bond motifs is 2. The molecule has 13 nitrogen and oxygen atoms in total. The molecular formula is C34H48ClN5O8S2. The zero-order chi connectivity index (χ0) is 35.8. The molecule has 0 bridgehead atoms. The van der Waals surface area contributed by atoms with Gasteiger partial charge in [0.15, 0.2) is 0 Å². The highest BCUT2D eigenvalue weighted by Gasteiger charge is 2.37. The molecule has 2 fully saturated rings. The molecule has 1 aliphatic carbocycles. The van der Waals surface area contributed by atoms with Crippen molar-refractivity contribution in [1.29, 1.82) is 0 Å². The van der Waals surface area contributed by atoms with Crippen molar-refractivity contribution in [1.82, 2.24) is 8.61 Å². The number of ether oxygens (including phenoxy) is 1. The van der Waals surface area contributed by atoms with Crippen LogP contribution < -0.4 is 5.73 Å². The number of hydrogen-bond acceptors (Lipinski definition) is 11. The summed E-state index contributed by atoms with van der Waals surface area (Å²) in [7, 11) is -7.90. The minimum Gasteiger partial charge on any atom is -0.425 e. The number of rotatable bonds is 9. The van der Waals surface area contributed by atoms with Gasteiger partial charge >= 0.3 is 5.97 Å². The van der Waals surface area contributed by atoms with Crippen molar-refractivity contribution in [2.45, 2.75) is 70.2 Å². The first-order valence-electron chi connectivity index (χ1n) is 16.7. The average molecular weight is 754 g/mol. The smallest absolute Gasteiger partial charge is 0.326 e. The Bertz CT molecular complexity index is 1740. The predicted octanol–water partition coefficient (Wildman–Crippen LogP) is 4.23. The van der Waals surface area contributed by atoms with Crippen LogP contribution in [0, 0.1) is 29.6 Å². The summed E-state index contributed by atoms with van der Waals surface area (Å²) in [5.41, 5.74) is 7.25. The average Bonchev–Trinajstić information content (AvgIpc) is 3.04. The van der Waals surface area contributed by atoms with Crippen LogP contribution in [0.4, 0.5) is 0 Å². The topological polar surface area (TPSA) is 181 Å². The van der Waals surface area contributed by atoms with Gasteiger partial charge in [0.2, 0.25) is 20.0 Å². The van der Waals surface area contributed by atoms with Gasteiger partial charge in [0.1, 0.15) is 17.5 Å². The number of halogens is 1. The SMILES string of the molecule is CC(C)[C@H](N)C(=O)OCON=C1c2cc(S(=O)(=O)N3C[C@H](C)C[C@H](C)C3)ccc2C(=NO)c2ccc(S(=O)(=O)N3C[C@H](C)C[C@H](C)C3)cc21.Cl. The molecule has 5 rings (SSSR count). The van der Waals surface area contributed by atoms with Gasteiger partial charge in [0, 0.05) is 48.4 Å². The number of carbonyl (C=O) groups is 1. The number of nitrogens with zero attached hydrogens (tertiary/aromatic N) is 4. The standard InChI is InChI=1S/C34H47N5O8S2.ClH/c1-20(2)31(35)34(40)46-19-47-37-33-29-13-25(48(42,43)38-15-21(3)11-22(4)16-38)7-9-27(29)32(36-41)28-10-8-26(14-30(28)33)49(44,45)39-17-23(5)12-24(6)18-39;/h7-10,13-14,20-24,31,41H,11-12,15-19,35H2,1-6H3;1H/t21-,22+,23-,24+,31-;/m0./s1. The zero-order valence-corrected chi connectivity index (χ0v) is 31.7. The fraction of sp³-hybridized carbons (Fsp3) is 0.559. The lowest BCUT2D eigenvalue weighted by atomic mass is 9.83. The maximum Gasteiger partial charge on any atom is 0.326 e. The number of esters is 1. The van der Waals surface area contributed by atoms with Crippen molar-refractivity contribution >= 4 is 49.8 Å². The van der Waals surface area contributed by atoms with Crippen LogP contribution in [0.2, 0.25) is 0 Å². The van der Waals surface area contributed by atoms with Crippen molar-refractivity contribution in [2.75, 3.05) is 33.0 Å². The van der Waals surface area contributed by atoms with E-state index in [0.717, 1.165) is 12.8 Å². The minimum atomic E-state index is -3.95. The molecule has 0 amide bonds. The molecule has 2 saturated heterocycles. The van der Waals surface area contributed by atoms with E-state index in [9.17, 15) is 26.8 Å². The Hall–Kier alpha value is -3.08. The van der Waals surface area contributed by atoms with E-state index in [1.165, 1.54) is 45.0 Å². The largest absolute Gasteiger partial charge is 0.425 e. The maximum atomic E-state index is 14.0. The van der Waals surface area contributed by atoms with Crippen LogP contribution in [-0.2, 0) is 34.4 Å². The molecule has 0 spiro atoms. The van der Waals surface area contributed by atoms with E-state index >= 15 is 0 Å². The molecule has 2 aromatic rings. The molecule has 3 aliphatic rings. The van der Waals surface area contributed by atoms with Crippen LogP contribution in [0.3, 0.4) is 0 Å². The number of carbonyl (C=O) groups excluding carboxylic acids is 1. The van der Waals surface area contributed by atoms with E-state index in [2.05, 4.69) is 10.3 Å². The zero-order valence-electron chi connectivity index (χ0n) is 29.3. The number of nitrogens with two attached hydrogens (primary N) is 1. The Labute approximate surface area is 301 Å². The van der Waals surface area contributed by atoms with E-state index in [0.29, 0.717) is 37.3 Å². The monoisotopic (exact) mass is 753 g/mol. The van der Waals surface area contributed by atoms with Gasteiger partial charge in [-0.1, -0.05) is 64.0 Å². The van der Waals surface area contributed by atoms with Crippen LogP contribution in [0.5, 0.6) is 0 Å². The summed E-state index contributed by atoms with van der Waals surface area (Å²) in [6, 6.07) is 7.97. The Morgan fingerprint density at radius 2 is 1.22 bits per heavy atom. The van der Waals surface area contributed by atoms with E-state index in [4.69, 9.17) is 15.3 Å². The summed E-state index contributed by atoms with van der Waals surface area (Å²) in [4.78, 5) is 17.8. The molecule has 2 aliphatic heterocycles. The number of benzene rings is 2. The normalized spacial score (nSPS) is 23.7. The van der Waals surface area contributed by atoms with Gasteiger partial charge < -0.3 is 20.5 Å². The van der Waals surface area contributed by atoms with Gasteiger partial charge in [-0.3, -0.25) is 4.79 Å². The Balaban J connectivity index is 0.00000562. The number of piperidine rings is 2. The van der Waals surface area contributed by atoms with E-state index in [1.54, 1.807) is 13.8 Å². The van der Waals surface area contributed by atoms with Gasteiger partial charge in [-0.15, -0.1) is 12.4 Å². The van der Waals surface area contributed by atoms with Gasteiger partial charge in [-0.25, -0.2) is 16.8 Å². The summed E-state index contributed by atoms with van der Waals surface area (Å²) in [5, 5.41) is 18.0. The fourth-order valence-electron chi connectivity index (χ4n) is 7.11. The summed E-state index contributed by atoms with van der Waals surface area (Å²) >= 11 is 0. The van der Waals surface area contributed by atoms with E-state index in [-0.39, 0.29) is 74.3 Å². The second-order valence-electron chi connectivity index (χ2n) is 14.3. The van der Waals surface area contributed by atoms with Gasteiger partial charge in [-0.05, 0) is 66.7 Å².